The third-order valence-corrected chi connectivity index (χ3v) is 5.09. The summed E-state index contributed by atoms with van der Waals surface area (Å²) in [6.45, 7) is 12.9. The fourth-order valence-corrected chi connectivity index (χ4v) is 3.41. The SMILES string of the molecule is C=CCN1C(=O)C2C(=NC3=[N+]2C(C)C(C)=NN3CCC(C)C)N(C)C1=O. The number of amidine groups is 1. The van der Waals surface area contributed by atoms with Crippen molar-refractivity contribution >= 4 is 29.4 Å². The van der Waals surface area contributed by atoms with Crippen LogP contribution in [0.5, 0.6) is 0 Å². The van der Waals surface area contributed by atoms with Gasteiger partial charge in [-0.2, -0.15) is 0 Å². The quantitative estimate of drug-likeness (QED) is 0.549. The predicted octanol–water partition coefficient (Wildman–Crippen LogP) is 1.34. The second-order valence-electron chi connectivity index (χ2n) is 7.38. The van der Waals surface area contributed by atoms with Crippen molar-refractivity contribution in [2.45, 2.75) is 46.2 Å². The van der Waals surface area contributed by atoms with Gasteiger partial charge in [-0.05, 0) is 26.2 Å². The second-order valence-corrected chi connectivity index (χ2v) is 7.38. The monoisotopic (exact) mass is 359 g/mol. The summed E-state index contributed by atoms with van der Waals surface area (Å²) in [6, 6.07) is -1.04. The molecule has 3 amide bonds. The summed E-state index contributed by atoms with van der Waals surface area (Å²) in [7, 11) is 1.66. The van der Waals surface area contributed by atoms with Crippen molar-refractivity contribution in [1.82, 2.24) is 14.8 Å². The van der Waals surface area contributed by atoms with Crippen molar-refractivity contribution in [3.63, 3.8) is 0 Å². The molecule has 0 N–H and O–H groups in total. The van der Waals surface area contributed by atoms with Gasteiger partial charge in [0.05, 0.1) is 12.3 Å². The average molecular weight is 359 g/mol. The van der Waals surface area contributed by atoms with Crippen LogP contribution >= 0.6 is 0 Å². The van der Waals surface area contributed by atoms with E-state index in [2.05, 4.69) is 30.5 Å². The highest BCUT2D eigenvalue weighted by molar-refractivity contribution is 6.23. The average Bonchev–Trinajstić information content (AvgIpc) is 3.00. The van der Waals surface area contributed by atoms with E-state index in [4.69, 9.17) is 0 Å². The van der Waals surface area contributed by atoms with Gasteiger partial charge in [-0.1, -0.05) is 24.9 Å². The van der Waals surface area contributed by atoms with Gasteiger partial charge in [-0.3, -0.25) is 14.6 Å². The highest BCUT2D eigenvalue weighted by Crippen LogP contribution is 2.25. The molecular formula is C18H27N6O2+. The van der Waals surface area contributed by atoms with Gasteiger partial charge < -0.3 is 0 Å². The van der Waals surface area contributed by atoms with Gasteiger partial charge in [-0.25, -0.2) is 9.37 Å². The van der Waals surface area contributed by atoms with Crippen LogP contribution < -0.4 is 0 Å². The molecule has 0 aromatic carbocycles. The number of hydrazone groups is 1. The number of hydrogen-bond acceptors (Lipinski definition) is 5. The Labute approximate surface area is 154 Å². The summed E-state index contributed by atoms with van der Waals surface area (Å²) in [4.78, 5) is 33.0. The number of rotatable bonds is 5. The number of hydrogen-bond donors (Lipinski definition) is 0. The third kappa shape index (κ3) is 2.73. The smallest absolute Gasteiger partial charge is 0.270 e. The Kier molecular flexibility index (Phi) is 4.68. The van der Waals surface area contributed by atoms with E-state index < -0.39 is 6.04 Å². The van der Waals surface area contributed by atoms with Crippen LogP contribution in [0.1, 0.15) is 34.1 Å². The Morgan fingerprint density at radius 2 is 2.04 bits per heavy atom. The number of fused-ring (bicyclic) bond motifs is 2. The van der Waals surface area contributed by atoms with E-state index >= 15 is 0 Å². The van der Waals surface area contributed by atoms with Crippen molar-refractivity contribution in [2.75, 3.05) is 20.1 Å². The fourth-order valence-electron chi connectivity index (χ4n) is 3.41. The van der Waals surface area contributed by atoms with Gasteiger partial charge in [0.25, 0.3) is 5.91 Å². The molecule has 0 aliphatic carbocycles. The summed E-state index contributed by atoms with van der Waals surface area (Å²) >= 11 is 0. The minimum atomic E-state index is -0.602. The molecule has 2 unspecified atom stereocenters. The molecule has 1 fully saturated rings. The van der Waals surface area contributed by atoms with Crippen LogP contribution in [-0.4, -0.2) is 81.1 Å². The second kappa shape index (κ2) is 6.66. The fraction of sp³-hybridized carbons (Fsp3) is 0.611. The first-order chi connectivity index (χ1) is 12.3. The summed E-state index contributed by atoms with van der Waals surface area (Å²) in [6.07, 6.45) is 2.52. The summed E-state index contributed by atoms with van der Waals surface area (Å²) < 4.78 is 1.99. The molecule has 0 aromatic heterocycles. The maximum atomic E-state index is 13.1. The zero-order valence-corrected chi connectivity index (χ0v) is 16.1. The van der Waals surface area contributed by atoms with Crippen LogP contribution in [0.15, 0.2) is 22.7 Å². The molecule has 0 radical (unpaired) electrons. The number of aliphatic imine (C=N–C) groups is 1. The first-order valence-corrected chi connectivity index (χ1v) is 9.04. The van der Waals surface area contributed by atoms with Gasteiger partial charge in [0.1, 0.15) is 6.04 Å². The van der Waals surface area contributed by atoms with Crippen LogP contribution in [0.3, 0.4) is 0 Å². The van der Waals surface area contributed by atoms with Crippen LogP contribution in [-0.2, 0) is 4.79 Å². The molecule has 1 saturated heterocycles. The van der Waals surface area contributed by atoms with E-state index in [1.165, 1.54) is 9.80 Å². The Balaban J connectivity index is 2.02. The van der Waals surface area contributed by atoms with E-state index in [1.54, 1.807) is 13.1 Å². The topological polar surface area (TPSA) is 71.6 Å². The number of urea groups is 1. The van der Waals surface area contributed by atoms with Gasteiger partial charge >= 0.3 is 12.0 Å². The third-order valence-electron chi connectivity index (χ3n) is 5.09. The molecule has 8 heteroatoms. The molecule has 26 heavy (non-hydrogen) atoms. The van der Waals surface area contributed by atoms with Crippen LogP contribution in [0.2, 0.25) is 0 Å². The predicted molar refractivity (Wildman–Crippen MR) is 100 cm³/mol. The van der Waals surface area contributed by atoms with Gasteiger partial charge in [0, 0.05) is 13.6 Å². The first-order valence-electron chi connectivity index (χ1n) is 9.04. The van der Waals surface area contributed by atoms with Crippen LogP contribution in [0.4, 0.5) is 4.79 Å². The largest absolute Gasteiger partial charge is 0.416 e. The summed E-state index contributed by atoms with van der Waals surface area (Å²) in [5, 5.41) is 6.55. The van der Waals surface area contributed by atoms with E-state index in [0.717, 1.165) is 18.7 Å². The number of nitrogens with zero attached hydrogens (tertiary/aromatic N) is 6. The van der Waals surface area contributed by atoms with E-state index in [-0.39, 0.29) is 24.5 Å². The van der Waals surface area contributed by atoms with Crippen LogP contribution in [0.25, 0.3) is 0 Å². The molecule has 140 valence electrons. The van der Waals surface area contributed by atoms with Crippen molar-refractivity contribution in [3.8, 4) is 0 Å². The van der Waals surface area contributed by atoms with Crippen LogP contribution in [0, 0.1) is 5.92 Å². The van der Waals surface area contributed by atoms with Crippen molar-refractivity contribution in [2.24, 2.45) is 16.0 Å². The molecule has 2 atom stereocenters. The highest BCUT2D eigenvalue weighted by Gasteiger charge is 2.55. The van der Waals surface area contributed by atoms with Crippen molar-refractivity contribution < 1.29 is 14.2 Å². The molecule has 3 aliphatic rings. The molecule has 0 aromatic rings. The summed E-state index contributed by atoms with van der Waals surface area (Å²) in [5.74, 6) is 1.40. The van der Waals surface area contributed by atoms with E-state index in [9.17, 15) is 9.59 Å². The number of guanidine groups is 1. The zero-order chi connectivity index (χ0) is 19.2. The van der Waals surface area contributed by atoms with Gasteiger partial charge in [-0.15, -0.1) is 16.7 Å². The Hall–Kier alpha value is -2.51. The zero-order valence-electron chi connectivity index (χ0n) is 16.1. The number of amides is 3. The lowest BCUT2D eigenvalue weighted by Crippen LogP contribution is -2.64. The Morgan fingerprint density at radius 3 is 2.65 bits per heavy atom. The summed E-state index contributed by atoms with van der Waals surface area (Å²) in [5.41, 5.74) is 0.927. The molecule has 8 nitrogen and oxygen atoms in total. The minimum absolute atomic E-state index is 0.0670. The maximum absolute atomic E-state index is 13.1. The maximum Gasteiger partial charge on any atom is 0.416 e. The lowest BCUT2D eigenvalue weighted by Gasteiger charge is -2.35. The molecule has 0 spiro atoms. The molecule has 0 bridgehead atoms. The normalized spacial score (nSPS) is 25.5. The van der Waals surface area contributed by atoms with Gasteiger partial charge in [0.15, 0.2) is 0 Å². The highest BCUT2D eigenvalue weighted by atomic mass is 16.2. The van der Waals surface area contributed by atoms with E-state index in [1.807, 2.05) is 23.4 Å². The number of imide groups is 1. The molecule has 3 rings (SSSR count). The van der Waals surface area contributed by atoms with Crippen molar-refractivity contribution in [3.05, 3.63) is 12.7 Å². The minimum Gasteiger partial charge on any atom is -0.270 e. The van der Waals surface area contributed by atoms with Crippen molar-refractivity contribution in [1.29, 1.82) is 0 Å². The molecular weight excluding hydrogens is 332 g/mol. The number of likely N-dealkylation sites (N-methyl/N-ethyl adjacent to an activating group) is 1. The Morgan fingerprint density at radius 1 is 1.35 bits per heavy atom. The lowest BCUT2D eigenvalue weighted by atomic mass is 10.1. The molecule has 3 aliphatic heterocycles. The molecule has 0 saturated carbocycles. The Bertz CT molecular complexity index is 751. The standard InChI is InChI=1S/C18H27N6O2/c1-7-9-22-16(25)14-15(21(6)18(22)26)19-17-23(10-8-11(2)3)20-12(4)13(5)24(14)17/h7,11,13-14H,1,8-10H2,2-6H3/q+1. The first kappa shape index (κ1) is 18.3. The number of carbonyl (C=O) groups is 2. The molecule has 3 heterocycles. The lowest BCUT2D eigenvalue weighted by molar-refractivity contribution is -0.559. The number of carbonyl (C=O) groups excluding carboxylic acids is 2. The van der Waals surface area contributed by atoms with Gasteiger partial charge in [0.2, 0.25) is 11.9 Å². The van der Waals surface area contributed by atoms with E-state index in [0.29, 0.717) is 17.7 Å².